The van der Waals surface area contributed by atoms with Crippen molar-refractivity contribution in [1.29, 1.82) is 0 Å². The van der Waals surface area contributed by atoms with Gasteiger partial charge in [0.1, 0.15) is 22.9 Å². The summed E-state index contributed by atoms with van der Waals surface area (Å²) in [5, 5.41) is 3.96. The Kier molecular flexibility index (Phi) is 6.65. The van der Waals surface area contributed by atoms with Crippen molar-refractivity contribution in [3.05, 3.63) is 59.9 Å². The first-order valence-electron chi connectivity index (χ1n) is 12.1. The molecule has 2 amide bonds. The minimum Gasteiger partial charge on any atom is -0.403 e. The molecule has 10 nitrogen and oxygen atoms in total. The fourth-order valence-corrected chi connectivity index (χ4v) is 5.09. The monoisotopic (exact) mass is 519 g/mol. The standard InChI is InChI=1S/C26H29N7O3S/c1-26(14-36-15-26)25(35)32-9-2-3-18(12-32)23-31-20(21-22(28)29-8-10-33(21)23)16-4-6-17(7-5-16)24(34)30-19(11-27)13-37/h4-8,10-11,13,18H,2-3,9,12,14-15,27H2,1H3,(H2,28,29)(H,30,34)/b19-11+/t18-/m1/s1. The average Bonchev–Trinajstić information content (AvgIpc) is 3.31. The van der Waals surface area contributed by atoms with E-state index in [1.165, 1.54) is 11.6 Å². The van der Waals surface area contributed by atoms with Crippen LogP contribution in [-0.4, -0.2) is 62.8 Å². The number of aromatic nitrogens is 3. The molecule has 3 aromatic rings. The molecule has 2 aromatic heterocycles. The molecule has 2 fully saturated rings. The smallest absolute Gasteiger partial charge is 0.255 e. The number of allylic oxidation sites excluding steroid dienone is 1. The number of imidazole rings is 1. The number of nitrogens with one attached hydrogen (secondary N) is 1. The summed E-state index contributed by atoms with van der Waals surface area (Å²) in [6.45, 7) is 4.22. The van der Waals surface area contributed by atoms with Crippen LogP contribution in [0, 0.1) is 5.41 Å². The zero-order valence-corrected chi connectivity index (χ0v) is 21.3. The number of hydrogen-bond donors (Lipinski definition) is 3. The Balaban J connectivity index is 1.46. The van der Waals surface area contributed by atoms with Gasteiger partial charge in [-0.15, -0.1) is 0 Å². The molecule has 0 aliphatic carbocycles. The van der Waals surface area contributed by atoms with Crippen molar-refractivity contribution in [2.45, 2.75) is 25.7 Å². The molecule has 0 unspecified atom stereocenters. The van der Waals surface area contributed by atoms with E-state index in [9.17, 15) is 9.59 Å². The Labute approximate surface area is 219 Å². The summed E-state index contributed by atoms with van der Waals surface area (Å²) in [6.07, 6.45) is 6.56. The molecular weight excluding hydrogens is 490 g/mol. The third-order valence-corrected chi connectivity index (χ3v) is 7.28. The second-order valence-corrected chi connectivity index (χ2v) is 10.0. The average molecular weight is 520 g/mol. The largest absolute Gasteiger partial charge is 0.403 e. The maximum Gasteiger partial charge on any atom is 0.255 e. The second-order valence-electron chi connectivity index (χ2n) is 9.76. The summed E-state index contributed by atoms with van der Waals surface area (Å²) >= 11 is 4.84. The SMILES string of the molecule is CC1(C(=O)N2CCC[C@@H](c3nc(-c4ccc(C(=O)N/C(C=S)=C/N)cc4)c4c(N)nccn34)C2)COC1. The van der Waals surface area contributed by atoms with E-state index in [2.05, 4.69) is 10.3 Å². The number of hydrogen-bond acceptors (Lipinski definition) is 8. The van der Waals surface area contributed by atoms with Crippen molar-refractivity contribution in [2.75, 3.05) is 32.0 Å². The van der Waals surface area contributed by atoms with Gasteiger partial charge in [0.2, 0.25) is 5.91 Å². The van der Waals surface area contributed by atoms with Crippen LogP contribution in [0.25, 0.3) is 16.8 Å². The van der Waals surface area contributed by atoms with E-state index in [1.54, 1.807) is 18.3 Å². The first-order valence-corrected chi connectivity index (χ1v) is 12.6. The van der Waals surface area contributed by atoms with Gasteiger partial charge in [-0.1, -0.05) is 24.4 Å². The molecule has 0 radical (unpaired) electrons. The highest BCUT2D eigenvalue weighted by atomic mass is 32.1. The zero-order chi connectivity index (χ0) is 26.2. The van der Waals surface area contributed by atoms with Gasteiger partial charge in [-0.25, -0.2) is 9.97 Å². The molecule has 5 N–H and O–H groups in total. The number of nitrogens with two attached hydrogens (primary N) is 2. The van der Waals surface area contributed by atoms with E-state index in [0.717, 1.165) is 30.8 Å². The van der Waals surface area contributed by atoms with Crippen molar-refractivity contribution >= 4 is 40.7 Å². The molecule has 2 aliphatic heterocycles. The maximum atomic E-state index is 13.2. The van der Waals surface area contributed by atoms with Crippen LogP contribution in [-0.2, 0) is 9.53 Å². The van der Waals surface area contributed by atoms with E-state index in [0.29, 0.717) is 48.0 Å². The van der Waals surface area contributed by atoms with Crippen LogP contribution in [0.2, 0.25) is 0 Å². The molecule has 2 aliphatic rings. The fourth-order valence-electron chi connectivity index (χ4n) is 4.96. The Morgan fingerprint density at radius 3 is 2.68 bits per heavy atom. The maximum absolute atomic E-state index is 13.2. The first-order chi connectivity index (χ1) is 17.8. The van der Waals surface area contributed by atoms with Crippen molar-refractivity contribution in [2.24, 2.45) is 11.1 Å². The van der Waals surface area contributed by atoms with Crippen LogP contribution < -0.4 is 16.8 Å². The Hall–Kier alpha value is -3.83. The van der Waals surface area contributed by atoms with E-state index >= 15 is 0 Å². The third-order valence-electron chi connectivity index (χ3n) is 7.03. The Morgan fingerprint density at radius 2 is 2.03 bits per heavy atom. The van der Waals surface area contributed by atoms with Crippen LogP contribution >= 0.6 is 12.2 Å². The van der Waals surface area contributed by atoms with Gasteiger partial charge in [-0.3, -0.25) is 14.0 Å². The minimum atomic E-state index is -0.436. The van der Waals surface area contributed by atoms with Gasteiger partial charge in [-0.2, -0.15) is 0 Å². The number of fused-ring (bicyclic) bond motifs is 1. The highest BCUT2D eigenvalue weighted by Crippen LogP contribution is 2.36. The van der Waals surface area contributed by atoms with Gasteiger partial charge >= 0.3 is 0 Å². The highest BCUT2D eigenvalue weighted by molar-refractivity contribution is 7.79. The van der Waals surface area contributed by atoms with Crippen molar-refractivity contribution < 1.29 is 14.3 Å². The summed E-state index contributed by atoms with van der Waals surface area (Å²) < 4.78 is 7.29. The van der Waals surface area contributed by atoms with Crippen LogP contribution in [0.5, 0.6) is 0 Å². The number of likely N-dealkylation sites (tertiary alicyclic amines) is 1. The summed E-state index contributed by atoms with van der Waals surface area (Å²) in [7, 11) is 0. The lowest BCUT2D eigenvalue weighted by molar-refractivity contribution is -0.169. The fraction of sp³-hybridized carbons (Fsp3) is 0.346. The molecule has 4 heterocycles. The van der Waals surface area contributed by atoms with Gasteiger partial charge in [0, 0.05) is 54.1 Å². The molecule has 0 spiro atoms. The van der Waals surface area contributed by atoms with E-state index < -0.39 is 5.41 Å². The zero-order valence-electron chi connectivity index (χ0n) is 20.5. The summed E-state index contributed by atoms with van der Waals surface area (Å²) in [4.78, 5) is 36.9. The Morgan fingerprint density at radius 1 is 1.27 bits per heavy atom. The number of rotatable bonds is 6. The lowest BCUT2D eigenvalue weighted by atomic mass is 9.85. The molecule has 0 bridgehead atoms. The number of carbonyl (C=O) groups is 2. The van der Waals surface area contributed by atoms with Gasteiger partial charge < -0.3 is 26.4 Å². The predicted octanol–water partition coefficient (Wildman–Crippen LogP) is 2.25. The van der Waals surface area contributed by atoms with E-state index in [1.807, 2.05) is 34.6 Å². The number of thiocarbonyl (C=S) groups is 1. The number of anilines is 1. The van der Waals surface area contributed by atoms with Crippen LogP contribution in [0.15, 0.2) is 48.6 Å². The molecule has 192 valence electrons. The molecule has 1 aromatic carbocycles. The summed E-state index contributed by atoms with van der Waals surface area (Å²) in [5.41, 5.74) is 14.3. The van der Waals surface area contributed by atoms with Gasteiger partial charge in [0.15, 0.2) is 0 Å². The van der Waals surface area contributed by atoms with Gasteiger partial charge in [0.25, 0.3) is 5.91 Å². The third kappa shape index (κ3) is 4.56. The summed E-state index contributed by atoms with van der Waals surface area (Å²) in [5.74, 6) is 1.07. The first kappa shape index (κ1) is 24.8. The van der Waals surface area contributed by atoms with Crippen molar-refractivity contribution in [1.82, 2.24) is 24.6 Å². The highest BCUT2D eigenvalue weighted by Gasteiger charge is 2.44. The minimum absolute atomic E-state index is 0.0477. The lowest BCUT2D eigenvalue weighted by Crippen LogP contribution is -2.55. The van der Waals surface area contributed by atoms with Crippen LogP contribution in [0.3, 0.4) is 0 Å². The van der Waals surface area contributed by atoms with Crippen molar-refractivity contribution in [3.63, 3.8) is 0 Å². The second kappa shape index (κ2) is 9.91. The quantitative estimate of drug-likeness (QED) is 0.333. The molecule has 11 heteroatoms. The number of amides is 2. The molecule has 0 saturated carbocycles. The number of nitrogen functional groups attached to an aromatic ring is 1. The van der Waals surface area contributed by atoms with Crippen molar-refractivity contribution in [3.8, 4) is 11.3 Å². The topological polar surface area (TPSA) is 141 Å². The van der Waals surface area contributed by atoms with Crippen LogP contribution in [0.1, 0.15) is 41.9 Å². The van der Waals surface area contributed by atoms with Crippen LogP contribution in [0.4, 0.5) is 5.82 Å². The van der Waals surface area contributed by atoms with Gasteiger partial charge in [-0.05, 0) is 31.9 Å². The normalized spacial score (nSPS) is 19.3. The number of ether oxygens (including phenoxy) is 1. The number of nitrogens with zero attached hydrogens (tertiary/aromatic N) is 4. The van der Waals surface area contributed by atoms with E-state index in [4.69, 9.17) is 33.4 Å². The predicted molar refractivity (Wildman–Crippen MR) is 144 cm³/mol. The van der Waals surface area contributed by atoms with Gasteiger partial charge in [0.05, 0.1) is 24.3 Å². The number of carbonyl (C=O) groups excluding carboxylic acids is 2. The Bertz CT molecular complexity index is 1400. The molecule has 5 rings (SSSR count). The number of benzene rings is 1. The summed E-state index contributed by atoms with van der Waals surface area (Å²) in [6, 6.07) is 7.07. The molecule has 1 atom stereocenters. The lowest BCUT2D eigenvalue weighted by Gasteiger charge is -2.42. The number of piperidine rings is 1. The molecular formula is C26H29N7O3S. The van der Waals surface area contributed by atoms with E-state index in [-0.39, 0.29) is 17.7 Å². The molecule has 2 saturated heterocycles. The molecule has 37 heavy (non-hydrogen) atoms.